The summed E-state index contributed by atoms with van der Waals surface area (Å²) < 4.78 is 43.1. The fourth-order valence-electron chi connectivity index (χ4n) is 4.27. The van der Waals surface area contributed by atoms with Crippen LogP contribution >= 0.6 is 0 Å². The molecule has 0 nitrogen and oxygen atoms in total. The highest BCUT2D eigenvalue weighted by atomic mass is 19.2. The molecule has 0 spiro atoms. The van der Waals surface area contributed by atoms with Gasteiger partial charge in [-0.3, -0.25) is 0 Å². The molecule has 0 N–H and O–H groups in total. The van der Waals surface area contributed by atoms with E-state index in [-0.39, 0.29) is 11.1 Å². The van der Waals surface area contributed by atoms with E-state index in [2.05, 4.69) is 6.92 Å². The fourth-order valence-corrected chi connectivity index (χ4v) is 4.27. The highest BCUT2D eigenvalue weighted by molar-refractivity contribution is 5.66. The van der Waals surface area contributed by atoms with Crippen molar-refractivity contribution in [3.05, 3.63) is 58.9 Å². The molecule has 0 aromatic heterocycles. The molecule has 0 unspecified atom stereocenters. The van der Waals surface area contributed by atoms with Crippen LogP contribution in [-0.2, 0) is 6.42 Å². The van der Waals surface area contributed by atoms with E-state index in [1.807, 2.05) is 6.07 Å². The minimum Gasteiger partial charge on any atom is -0.206 e. The van der Waals surface area contributed by atoms with E-state index in [1.54, 1.807) is 13.0 Å². The first-order valence-electron chi connectivity index (χ1n) is 9.81. The minimum atomic E-state index is -0.962. The molecule has 1 aliphatic rings. The molecule has 0 atom stereocenters. The average Bonchev–Trinajstić information content (AvgIpc) is 2.65. The summed E-state index contributed by atoms with van der Waals surface area (Å²) in [6.07, 6.45) is 7.46. The van der Waals surface area contributed by atoms with Gasteiger partial charge in [0.05, 0.1) is 0 Å². The van der Waals surface area contributed by atoms with Gasteiger partial charge in [0, 0.05) is 11.1 Å². The van der Waals surface area contributed by atoms with Crippen LogP contribution in [0.2, 0.25) is 0 Å². The third-order valence-electron chi connectivity index (χ3n) is 5.84. The van der Waals surface area contributed by atoms with Crippen LogP contribution in [0.15, 0.2) is 30.3 Å². The van der Waals surface area contributed by atoms with Crippen LogP contribution in [0.3, 0.4) is 0 Å². The molecule has 0 bridgehead atoms. The minimum absolute atomic E-state index is 0.00426. The lowest BCUT2D eigenvalue weighted by Crippen LogP contribution is -2.13. The van der Waals surface area contributed by atoms with Crippen LogP contribution in [0, 0.1) is 23.4 Å². The monoisotopic (exact) mass is 360 g/mol. The van der Waals surface area contributed by atoms with Crippen molar-refractivity contribution < 1.29 is 13.2 Å². The van der Waals surface area contributed by atoms with Gasteiger partial charge in [-0.1, -0.05) is 51.0 Å². The predicted octanol–water partition coefficient (Wildman–Crippen LogP) is 7.41. The quantitative estimate of drug-likeness (QED) is 0.521. The Hall–Kier alpha value is -1.77. The van der Waals surface area contributed by atoms with Crippen LogP contribution in [-0.4, -0.2) is 0 Å². The van der Waals surface area contributed by atoms with Crippen LogP contribution in [0.5, 0.6) is 0 Å². The molecule has 0 heterocycles. The molecule has 1 aliphatic carbocycles. The van der Waals surface area contributed by atoms with Crippen molar-refractivity contribution in [1.29, 1.82) is 0 Å². The third-order valence-corrected chi connectivity index (χ3v) is 5.84. The van der Waals surface area contributed by atoms with Gasteiger partial charge in [-0.05, 0) is 61.1 Å². The first-order valence-corrected chi connectivity index (χ1v) is 9.81. The molecule has 0 aliphatic heterocycles. The predicted molar refractivity (Wildman–Crippen MR) is 101 cm³/mol. The number of rotatable bonds is 5. The van der Waals surface area contributed by atoms with Gasteiger partial charge < -0.3 is 0 Å². The Balaban J connectivity index is 1.82. The van der Waals surface area contributed by atoms with E-state index in [0.717, 1.165) is 24.3 Å². The molecular weight excluding hydrogens is 333 g/mol. The molecule has 140 valence electrons. The number of halogens is 3. The maximum absolute atomic E-state index is 14.7. The largest absolute Gasteiger partial charge is 0.206 e. The van der Waals surface area contributed by atoms with Gasteiger partial charge in [-0.15, -0.1) is 0 Å². The second kappa shape index (κ2) is 8.28. The molecule has 26 heavy (non-hydrogen) atoms. The van der Waals surface area contributed by atoms with Gasteiger partial charge >= 0.3 is 0 Å². The summed E-state index contributed by atoms with van der Waals surface area (Å²) in [7, 11) is 0. The van der Waals surface area contributed by atoms with Crippen molar-refractivity contribution in [3.8, 4) is 11.1 Å². The maximum Gasteiger partial charge on any atom is 0.167 e. The SMILES string of the molecule is CCCC1CCC(c2ccc(-c3ccc(CC)c(F)c3F)c(F)c2)CC1. The van der Waals surface area contributed by atoms with Crippen molar-refractivity contribution in [1.82, 2.24) is 0 Å². The summed E-state index contributed by atoms with van der Waals surface area (Å²) in [5.74, 6) is -1.13. The van der Waals surface area contributed by atoms with E-state index in [1.165, 1.54) is 43.9 Å². The molecule has 2 aromatic carbocycles. The normalized spacial score (nSPS) is 20.3. The molecule has 3 rings (SSSR count). The Kier molecular flexibility index (Phi) is 6.05. The summed E-state index contributed by atoms with van der Waals surface area (Å²) in [6.45, 7) is 3.98. The van der Waals surface area contributed by atoms with Gasteiger partial charge in [0.15, 0.2) is 11.6 Å². The smallest absolute Gasteiger partial charge is 0.167 e. The Morgan fingerprint density at radius 3 is 2.15 bits per heavy atom. The second-order valence-electron chi connectivity index (χ2n) is 7.50. The Morgan fingerprint density at radius 2 is 1.54 bits per heavy atom. The lowest BCUT2D eigenvalue weighted by Gasteiger charge is -2.28. The summed E-state index contributed by atoms with van der Waals surface area (Å²) in [4.78, 5) is 0. The molecule has 0 radical (unpaired) electrons. The van der Waals surface area contributed by atoms with Crippen molar-refractivity contribution in [2.24, 2.45) is 5.92 Å². The topological polar surface area (TPSA) is 0 Å². The van der Waals surface area contributed by atoms with Crippen molar-refractivity contribution in [3.63, 3.8) is 0 Å². The number of benzene rings is 2. The van der Waals surface area contributed by atoms with E-state index >= 15 is 0 Å². The molecule has 1 saturated carbocycles. The zero-order valence-electron chi connectivity index (χ0n) is 15.6. The van der Waals surface area contributed by atoms with Crippen LogP contribution in [0.25, 0.3) is 11.1 Å². The Labute approximate surface area is 154 Å². The third kappa shape index (κ3) is 3.82. The number of hydrogen-bond donors (Lipinski definition) is 0. The first kappa shape index (κ1) is 19.0. The van der Waals surface area contributed by atoms with Crippen LogP contribution < -0.4 is 0 Å². The van der Waals surface area contributed by atoms with E-state index in [9.17, 15) is 13.2 Å². The van der Waals surface area contributed by atoms with E-state index < -0.39 is 17.5 Å². The fraction of sp³-hybridized carbons (Fsp3) is 0.478. The van der Waals surface area contributed by atoms with Gasteiger partial charge in [-0.25, -0.2) is 13.2 Å². The Morgan fingerprint density at radius 1 is 0.846 bits per heavy atom. The maximum atomic E-state index is 14.7. The van der Waals surface area contributed by atoms with Crippen molar-refractivity contribution >= 4 is 0 Å². The molecule has 1 fully saturated rings. The van der Waals surface area contributed by atoms with E-state index in [0.29, 0.717) is 17.9 Å². The van der Waals surface area contributed by atoms with Crippen molar-refractivity contribution in [2.75, 3.05) is 0 Å². The molecular formula is C23H27F3. The summed E-state index contributed by atoms with van der Waals surface area (Å²) in [6, 6.07) is 8.02. The highest BCUT2D eigenvalue weighted by Crippen LogP contribution is 2.39. The van der Waals surface area contributed by atoms with Gasteiger partial charge in [0.2, 0.25) is 0 Å². The lowest BCUT2D eigenvalue weighted by atomic mass is 9.77. The number of hydrogen-bond acceptors (Lipinski definition) is 0. The summed E-state index contributed by atoms with van der Waals surface area (Å²) >= 11 is 0. The summed E-state index contributed by atoms with van der Waals surface area (Å²) in [5, 5.41) is 0. The second-order valence-corrected chi connectivity index (χ2v) is 7.50. The van der Waals surface area contributed by atoms with Crippen LogP contribution in [0.4, 0.5) is 13.2 Å². The van der Waals surface area contributed by atoms with Gasteiger partial charge in [-0.2, -0.15) is 0 Å². The van der Waals surface area contributed by atoms with Crippen molar-refractivity contribution in [2.45, 2.75) is 64.7 Å². The Bertz CT molecular complexity index is 758. The molecule has 3 heteroatoms. The van der Waals surface area contributed by atoms with Gasteiger partial charge in [0.1, 0.15) is 5.82 Å². The highest BCUT2D eigenvalue weighted by Gasteiger charge is 2.23. The number of aryl methyl sites for hydroxylation is 1. The standard InChI is InChI=1S/C23H27F3/c1-3-5-15-6-8-17(9-7-15)18-11-12-19(21(24)14-18)20-13-10-16(4-2)22(25)23(20)26/h10-15,17H,3-9H2,1-2H3. The average molecular weight is 360 g/mol. The molecule has 0 amide bonds. The van der Waals surface area contributed by atoms with E-state index in [4.69, 9.17) is 0 Å². The molecule has 0 saturated heterocycles. The lowest BCUT2D eigenvalue weighted by molar-refractivity contribution is 0.308. The zero-order chi connectivity index (χ0) is 18.7. The first-order chi connectivity index (χ1) is 12.5. The summed E-state index contributed by atoms with van der Waals surface area (Å²) in [5.41, 5.74) is 1.42. The zero-order valence-corrected chi connectivity index (χ0v) is 15.6. The van der Waals surface area contributed by atoms with Gasteiger partial charge in [0.25, 0.3) is 0 Å². The molecule has 2 aromatic rings. The van der Waals surface area contributed by atoms with Crippen LogP contribution in [0.1, 0.15) is 69.4 Å².